The van der Waals surface area contributed by atoms with E-state index in [9.17, 15) is 4.79 Å². The average molecular weight is 334 g/mol. The van der Waals surface area contributed by atoms with Gasteiger partial charge >= 0.3 is 0 Å². The van der Waals surface area contributed by atoms with E-state index < -0.39 is 0 Å². The van der Waals surface area contributed by atoms with E-state index >= 15 is 0 Å². The summed E-state index contributed by atoms with van der Waals surface area (Å²) in [5.41, 5.74) is 1.00. The second-order valence-corrected chi connectivity index (χ2v) is 5.58. The predicted octanol–water partition coefficient (Wildman–Crippen LogP) is 5.73. The second-order valence-electron chi connectivity index (χ2n) is 3.92. The fourth-order valence-electron chi connectivity index (χ4n) is 1.67. The minimum absolute atomic E-state index is 0.0971. The van der Waals surface area contributed by atoms with Crippen LogP contribution in [0.25, 0.3) is 0 Å². The minimum atomic E-state index is -0.156. The summed E-state index contributed by atoms with van der Waals surface area (Å²) >= 11 is 23.9. The third-order valence-corrected chi connectivity index (χ3v) is 3.89. The monoisotopic (exact) mass is 332 g/mol. The molecule has 0 heterocycles. The standard InChI is InChI=1S/C14H8Cl4O/c15-8-4-5-9(13(18)6-8)14(19)7-10-11(16)2-1-3-12(10)17/h1-6H,7H2. The first-order chi connectivity index (χ1) is 8.99. The van der Waals surface area contributed by atoms with Crippen molar-refractivity contribution in [1.29, 1.82) is 0 Å². The lowest BCUT2D eigenvalue weighted by Gasteiger charge is -2.07. The van der Waals surface area contributed by atoms with Crippen molar-refractivity contribution >= 4 is 52.2 Å². The van der Waals surface area contributed by atoms with Crippen molar-refractivity contribution in [3.63, 3.8) is 0 Å². The maximum atomic E-state index is 12.2. The lowest BCUT2D eigenvalue weighted by Crippen LogP contribution is -2.05. The van der Waals surface area contributed by atoms with Crippen LogP contribution in [0.3, 0.4) is 0 Å². The summed E-state index contributed by atoms with van der Waals surface area (Å²) in [6.45, 7) is 0. The molecular formula is C14H8Cl4O. The van der Waals surface area contributed by atoms with Crippen molar-refractivity contribution in [3.05, 3.63) is 67.6 Å². The van der Waals surface area contributed by atoms with Crippen molar-refractivity contribution in [2.24, 2.45) is 0 Å². The zero-order chi connectivity index (χ0) is 14.0. The summed E-state index contributed by atoms with van der Waals surface area (Å²) in [5, 5.41) is 1.73. The van der Waals surface area contributed by atoms with Crippen molar-refractivity contribution < 1.29 is 4.79 Å². The Balaban J connectivity index is 2.31. The Morgan fingerprint density at radius 2 is 1.53 bits per heavy atom. The van der Waals surface area contributed by atoms with Gasteiger partial charge in [0.25, 0.3) is 0 Å². The Bertz CT molecular complexity index is 617. The van der Waals surface area contributed by atoms with Gasteiger partial charge in [0.2, 0.25) is 0 Å². The van der Waals surface area contributed by atoms with Crippen molar-refractivity contribution in [2.75, 3.05) is 0 Å². The first-order valence-corrected chi connectivity index (χ1v) is 6.91. The summed E-state index contributed by atoms with van der Waals surface area (Å²) in [7, 11) is 0. The molecule has 0 saturated heterocycles. The van der Waals surface area contributed by atoms with Crippen molar-refractivity contribution in [1.82, 2.24) is 0 Å². The number of benzene rings is 2. The van der Waals surface area contributed by atoms with Crippen LogP contribution in [0.1, 0.15) is 15.9 Å². The van der Waals surface area contributed by atoms with Gasteiger partial charge in [0.1, 0.15) is 0 Å². The fourth-order valence-corrected chi connectivity index (χ4v) is 2.72. The second kappa shape index (κ2) is 6.15. The summed E-state index contributed by atoms with van der Waals surface area (Å²) in [6.07, 6.45) is 0.0971. The van der Waals surface area contributed by atoms with Gasteiger partial charge in [-0.05, 0) is 35.9 Å². The highest BCUT2D eigenvalue weighted by molar-refractivity contribution is 6.38. The van der Waals surface area contributed by atoms with E-state index in [4.69, 9.17) is 46.4 Å². The number of hydrogen-bond donors (Lipinski definition) is 0. The molecule has 0 N–H and O–H groups in total. The molecule has 2 aromatic rings. The Morgan fingerprint density at radius 1 is 0.895 bits per heavy atom. The highest BCUT2D eigenvalue weighted by atomic mass is 35.5. The lowest BCUT2D eigenvalue weighted by atomic mass is 10.0. The summed E-state index contributed by atoms with van der Waals surface area (Å²) in [4.78, 5) is 12.2. The van der Waals surface area contributed by atoms with Crippen LogP contribution in [-0.2, 0) is 6.42 Å². The molecule has 0 spiro atoms. The van der Waals surface area contributed by atoms with Crippen LogP contribution in [0.5, 0.6) is 0 Å². The van der Waals surface area contributed by atoms with E-state index in [1.54, 1.807) is 30.3 Å². The van der Waals surface area contributed by atoms with Gasteiger partial charge in [-0.1, -0.05) is 52.5 Å². The van der Waals surface area contributed by atoms with E-state index in [1.165, 1.54) is 6.07 Å². The number of halogens is 4. The van der Waals surface area contributed by atoms with Crippen LogP contribution in [0, 0.1) is 0 Å². The fraction of sp³-hybridized carbons (Fsp3) is 0.0714. The molecule has 5 heteroatoms. The average Bonchev–Trinajstić information content (AvgIpc) is 2.33. The Kier molecular flexibility index (Phi) is 4.75. The molecule has 0 fully saturated rings. The normalized spacial score (nSPS) is 10.5. The molecule has 0 radical (unpaired) electrons. The molecule has 0 amide bonds. The molecular weight excluding hydrogens is 326 g/mol. The van der Waals surface area contributed by atoms with Crippen LogP contribution < -0.4 is 0 Å². The number of carbonyl (C=O) groups excluding carboxylic acids is 1. The molecule has 98 valence electrons. The molecule has 2 aromatic carbocycles. The molecule has 0 bridgehead atoms. The number of carbonyl (C=O) groups is 1. The molecule has 0 aliphatic carbocycles. The topological polar surface area (TPSA) is 17.1 Å². The van der Waals surface area contributed by atoms with Crippen LogP contribution >= 0.6 is 46.4 Å². The first-order valence-electron chi connectivity index (χ1n) is 5.40. The van der Waals surface area contributed by atoms with Gasteiger partial charge in [-0.15, -0.1) is 0 Å². The largest absolute Gasteiger partial charge is 0.294 e. The summed E-state index contributed by atoms with van der Waals surface area (Å²) in [5.74, 6) is -0.156. The van der Waals surface area contributed by atoms with E-state index in [0.717, 1.165) is 0 Å². The SMILES string of the molecule is O=C(Cc1c(Cl)cccc1Cl)c1ccc(Cl)cc1Cl. The molecule has 2 rings (SSSR count). The third kappa shape index (κ3) is 3.43. The minimum Gasteiger partial charge on any atom is -0.294 e. The number of hydrogen-bond acceptors (Lipinski definition) is 1. The molecule has 0 aromatic heterocycles. The van der Waals surface area contributed by atoms with Crippen molar-refractivity contribution in [3.8, 4) is 0 Å². The Labute approximate surface area is 131 Å². The Hall–Kier alpha value is -0.730. The van der Waals surface area contributed by atoms with Gasteiger partial charge in [-0.3, -0.25) is 4.79 Å². The van der Waals surface area contributed by atoms with Crippen LogP contribution in [-0.4, -0.2) is 5.78 Å². The molecule has 0 aliphatic heterocycles. The molecule has 0 atom stereocenters. The number of rotatable bonds is 3. The first kappa shape index (κ1) is 14.7. The smallest absolute Gasteiger partial charge is 0.168 e. The molecule has 1 nitrogen and oxygen atoms in total. The number of Topliss-reactive ketones (excluding diaryl/α,β-unsaturated/α-hetero) is 1. The third-order valence-electron chi connectivity index (χ3n) is 2.63. The number of ketones is 1. The van der Waals surface area contributed by atoms with Crippen LogP contribution in [0.4, 0.5) is 0 Å². The molecule has 0 aliphatic rings. The highest BCUT2D eigenvalue weighted by Crippen LogP contribution is 2.28. The van der Waals surface area contributed by atoms with Gasteiger partial charge in [0.05, 0.1) is 5.02 Å². The van der Waals surface area contributed by atoms with Crippen LogP contribution in [0.2, 0.25) is 20.1 Å². The maximum absolute atomic E-state index is 12.2. The highest BCUT2D eigenvalue weighted by Gasteiger charge is 2.15. The van der Waals surface area contributed by atoms with E-state index in [2.05, 4.69) is 0 Å². The summed E-state index contributed by atoms with van der Waals surface area (Å²) in [6, 6.07) is 9.87. The van der Waals surface area contributed by atoms with Gasteiger partial charge in [0.15, 0.2) is 5.78 Å². The summed E-state index contributed by atoms with van der Waals surface area (Å²) < 4.78 is 0. The van der Waals surface area contributed by atoms with Crippen LogP contribution in [0.15, 0.2) is 36.4 Å². The van der Waals surface area contributed by atoms with Gasteiger partial charge < -0.3 is 0 Å². The van der Waals surface area contributed by atoms with E-state index in [-0.39, 0.29) is 12.2 Å². The van der Waals surface area contributed by atoms with E-state index in [0.29, 0.717) is 31.2 Å². The quantitative estimate of drug-likeness (QED) is 0.656. The zero-order valence-electron chi connectivity index (χ0n) is 9.59. The van der Waals surface area contributed by atoms with E-state index in [1.807, 2.05) is 0 Å². The van der Waals surface area contributed by atoms with Gasteiger partial charge in [0, 0.05) is 27.1 Å². The van der Waals surface area contributed by atoms with Crippen molar-refractivity contribution in [2.45, 2.75) is 6.42 Å². The zero-order valence-corrected chi connectivity index (χ0v) is 12.6. The predicted molar refractivity (Wildman–Crippen MR) is 81.0 cm³/mol. The maximum Gasteiger partial charge on any atom is 0.168 e. The lowest BCUT2D eigenvalue weighted by molar-refractivity contribution is 0.0993. The Morgan fingerprint density at radius 3 is 2.11 bits per heavy atom. The molecule has 0 saturated carbocycles. The van der Waals surface area contributed by atoms with Gasteiger partial charge in [-0.2, -0.15) is 0 Å². The molecule has 0 unspecified atom stereocenters. The van der Waals surface area contributed by atoms with Gasteiger partial charge in [-0.25, -0.2) is 0 Å². The molecule has 19 heavy (non-hydrogen) atoms.